The summed E-state index contributed by atoms with van der Waals surface area (Å²) in [4.78, 5) is 39.3. The van der Waals surface area contributed by atoms with Gasteiger partial charge in [-0.05, 0) is 48.1 Å². The first-order valence-electron chi connectivity index (χ1n) is 9.83. The van der Waals surface area contributed by atoms with Crippen molar-refractivity contribution in [3.8, 4) is 0 Å². The number of carbonyl (C=O) groups excluding carboxylic acids is 3. The molecule has 160 valence electrons. The molecule has 0 bridgehead atoms. The maximum absolute atomic E-state index is 13.5. The minimum absolute atomic E-state index is 0.0183. The van der Waals surface area contributed by atoms with E-state index in [9.17, 15) is 18.8 Å². The van der Waals surface area contributed by atoms with Gasteiger partial charge in [0, 0.05) is 49.6 Å². The van der Waals surface area contributed by atoms with Crippen LogP contribution in [0, 0.1) is 12.7 Å². The van der Waals surface area contributed by atoms with Crippen molar-refractivity contribution < 1.29 is 18.8 Å². The third-order valence-electron chi connectivity index (χ3n) is 4.91. The minimum Gasteiger partial charge on any atom is -0.350 e. The molecule has 4 amide bonds. The molecule has 2 heterocycles. The van der Waals surface area contributed by atoms with Gasteiger partial charge in [0.05, 0.1) is 0 Å². The van der Waals surface area contributed by atoms with Crippen molar-refractivity contribution in [2.75, 3.05) is 26.2 Å². The van der Waals surface area contributed by atoms with Crippen LogP contribution < -0.4 is 16.0 Å². The molecular formula is C21H25FN4O3S. The molecule has 7 nitrogen and oxygen atoms in total. The summed E-state index contributed by atoms with van der Waals surface area (Å²) in [5.41, 5.74) is 1.91. The number of urea groups is 1. The van der Waals surface area contributed by atoms with Gasteiger partial charge < -0.3 is 20.9 Å². The first-order valence-corrected chi connectivity index (χ1v) is 10.7. The highest BCUT2D eigenvalue weighted by atomic mass is 32.1. The number of benzene rings is 1. The highest BCUT2D eigenvalue weighted by molar-refractivity contribution is 7.10. The maximum atomic E-state index is 13.5. The van der Waals surface area contributed by atoms with Crippen LogP contribution in [0.1, 0.15) is 32.8 Å². The lowest BCUT2D eigenvalue weighted by Gasteiger charge is -2.27. The first-order chi connectivity index (χ1) is 14.4. The van der Waals surface area contributed by atoms with Crippen molar-refractivity contribution in [2.45, 2.75) is 26.3 Å². The van der Waals surface area contributed by atoms with Crippen molar-refractivity contribution in [2.24, 2.45) is 0 Å². The Morgan fingerprint density at radius 3 is 2.67 bits per heavy atom. The molecule has 1 aliphatic rings. The molecule has 1 aliphatic heterocycles. The largest absolute Gasteiger partial charge is 0.350 e. The van der Waals surface area contributed by atoms with Crippen LogP contribution in [-0.2, 0) is 17.8 Å². The molecule has 2 aromatic rings. The molecule has 0 aliphatic carbocycles. The van der Waals surface area contributed by atoms with E-state index in [1.54, 1.807) is 30.4 Å². The number of amides is 4. The highest BCUT2D eigenvalue weighted by Crippen LogP contribution is 2.24. The standard InChI is InChI=1S/C21H25FN4O3S/c1-14-2-3-15(12-17(14)22)20(28)23-8-9-25-21(29)24-7-4-19(27)26-10-5-18-16(13-26)6-11-30-18/h2-3,6,11-12H,4-5,7-10,13H2,1H3,(H,23,28)(H2,24,25,29). The molecular weight excluding hydrogens is 407 g/mol. The second-order valence-corrected chi connectivity index (χ2v) is 8.09. The average Bonchev–Trinajstić information content (AvgIpc) is 3.20. The van der Waals surface area contributed by atoms with Gasteiger partial charge in [-0.3, -0.25) is 9.59 Å². The van der Waals surface area contributed by atoms with Crippen molar-refractivity contribution in [1.29, 1.82) is 0 Å². The Balaban J connectivity index is 1.28. The van der Waals surface area contributed by atoms with Gasteiger partial charge in [-0.2, -0.15) is 0 Å². The second kappa shape index (κ2) is 10.2. The van der Waals surface area contributed by atoms with E-state index in [2.05, 4.69) is 22.0 Å². The van der Waals surface area contributed by atoms with Crippen LogP contribution in [0.4, 0.5) is 9.18 Å². The van der Waals surface area contributed by atoms with Gasteiger partial charge in [0.25, 0.3) is 5.91 Å². The number of nitrogens with one attached hydrogen (secondary N) is 3. The Morgan fingerprint density at radius 1 is 1.10 bits per heavy atom. The first kappa shape index (κ1) is 21.8. The molecule has 0 spiro atoms. The lowest BCUT2D eigenvalue weighted by atomic mass is 10.1. The minimum atomic E-state index is -0.435. The third kappa shape index (κ3) is 5.79. The number of fused-ring (bicyclic) bond motifs is 1. The number of aryl methyl sites for hydroxylation is 1. The lowest BCUT2D eigenvalue weighted by molar-refractivity contribution is -0.131. The number of thiophene rings is 1. The third-order valence-corrected chi connectivity index (χ3v) is 5.94. The zero-order chi connectivity index (χ0) is 21.5. The molecule has 0 saturated heterocycles. The van der Waals surface area contributed by atoms with Gasteiger partial charge in [-0.25, -0.2) is 9.18 Å². The van der Waals surface area contributed by atoms with Crippen LogP contribution in [0.25, 0.3) is 0 Å². The monoisotopic (exact) mass is 432 g/mol. The summed E-state index contributed by atoms with van der Waals surface area (Å²) in [6, 6.07) is 5.92. The summed E-state index contributed by atoms with van der Waals surface area (Å²) in [5.74, 6) is -0.822. The van der Waals surface area contributed by atoms with Gasteiger partial charge in [0.2, 0.25) is 5.91 Å². The summed E-state index contributed by atoms with van der Waals surface area (Å²) >= 11 is 1.73. The highest BCUT2D eigenvalue weighted by Gasteiger charge is 2.21. The number of hydrogen-bond donors (Lipinski definition) is 3. The molecule has 0 atom stereocenters. The Kier molecular flexibility index (Phi) is 7.40. The second-order valence-electron chi connectivity index (χ2n) is 7.09. The van der Waals surface area contributed by atoms with Crippen LogP contribution in [0.3, 0.4) is 0 Å². The Hall–Kier alpha value is -2.94. The Bertz CT molecular complexity index is 931. The normalized spacial score (nSPS) is 12.8. The van der Waals surface area contributed by atoms with Crippen molar-refractivity contribution in [3.63, 3.8) is 0 Å². The van der Waals surface area contributed by atoms with Gasteiger partial charge in [-0.15, -0.1) is 11.3 Å². The van der Waals surface area contributed by atoms with E-state index in [-0.39, 0.29) is 37.5 Å². The fourth-order valence-corrected chi connectivity index (χ4v) is 4.04. The van der Waals surface area contributed by atoms with Crippen LogP contribution >= 0.6 is 11.3 Å². The van der Waals surface area contributed by atoms with E-state index in [1.807, 2.05) is 10.3 Å². The van der Waals surface area contributed by atoms with E-state index in [4.69, 9.17) is 0 Å². The molecule has 0 saturated carbocycles. The van der Waals surface area contributed by atoms with Crippen LogP contribution in [-0.4, -0.2) is 48.9 Å². The van der Waals surface area contributed by atoms with Crippen LogP contribution in [0.2, 0.25) is 0 Å². The quantitative estimate of drug-likeness (QED) is 0.586. The number of carbonyl (C=O) groups is 3. The van der Waals surface area contributed by atoms with Crippen LogP contribution in [0.15, 0.2) is 29.6 Å². The topological polar surface area (TPSA) is 90.5 Å². The Labute approximate surface area is 178 Å². The fraction of sp³-hybridized carbons (Fsp3) is 0.381. The molecule has 1 aromatic carbocycles. The molecule has 30 heavy (non-hydrogen) atoms. The van der Waals surface area contributed by atoms with Crippen molar-refractivity contribution >= 4 is 29.2 Å². The lowest BCUT2D eigenvalue weighted by Crippen LogP contribution is -2.42. The SMILES string of the molecule is Cc1ccc(C(=O)NCCNC(=O)NCCC(=O)N2CCc3sccc3C2)cc1F. The number of nitrogens with zero attached hydrogens (tertiary/aromatic N) is 1. The zero-order valence-electron chi connectivity index (χ0n) is 16.8. The van der Waals surface area contributed by atoms with Gasteiger partial charge >= 0.3 is 6.03 Å². The smallest absolute Gasteiger partial charge is 0.314 e. The summed E-state index contributed by atoms with van der Waals surface area (Å²) in [6.45, 7) is 3.63. The molecule has 0 fully saturated rings. The predicted octanol–water partition coefficient (Wildman–Crippen LogP) is 2.20. The molecule has 3 rings (SSSR count). The van der Waals surface area contributed by atoms with Gasteiger partial charge in [0.15, 0.2) is 0 Å². The van der Waals surface area contributed by atoms with Crippen molar-refractivity contribution in [1.82, 2.24) is 20.9 Å². The molecule has 3 N–H and O–H groups in total. The summed E-state index contributed by atoms with van der Waals surface area (Å²) in [6.07, 6.45) is 1.12. The van der Waals surface area contributed by atoms with Crippen molar-refractivity contribution in [3.05, 3.63) is 57.0 Å². The molecule has 0 unspecified atom stereocenters. The van der Waals surface area contributed by atoms with Gasteiger partial charge in [0.1, 0.15) is 5.82 Å². The zero-order valence-corrected chi connectivity index (χ0v) is 17.6. The van der Waals surface area contributed by atoms with E-state index < -0.39 is 17.8 Å². The molecule has 1 aromatic heterocycles. The molecule has 9 heteroatoms. The van der Waals surface area contributed by atoms with E-state index in [1.165, 1.54) is 16.5 Å². The predicted molar refractivity (Wildman–Crippen MR) is 113 cm³/mol. The summed E-state index contributed by atoms with van der Waals surface area (Å²) in [5, 5.41) is 9.92. The summed E-state index contributed by atoms with van der Waals surface area (Å²) < 4.78 is 13.5. The summed E-state index contributed by atoms with van der Waals surface area (Å²) in [7, 11) is 0. The Morgan fingerprint density at radius 2 is 1.87 bits per heavy atom. The number of halogens is 1. The van der Waals surface area contributed by atoms with E-state index in [0.29, 0.717) is 18.7 Å². The van der Waals surface area contributed by atoms with E-state index >= 15 is 0 Å². The number of hydrogen-bond acceptors (Lipinski definition) is 4. The maximum Gasteiger partial charge on any atom is 0.314 e. The van der Waals surface area contributed by atoms with Gasteiger partial charge in [-0.1, -0.05) is 6.07 Å². The fourth-order valence-electron chi connectivity index (χ4n) is 3.15. The van der Waals surface area contributed by atoms with E-state index in [0.717, 1.165) is 6.42 Å². The average molecular weight is 433 g/mol. The molecule has 0 radical (unpaired) electrons. The number of rotatable bonds is 7. The van der Waals surface area contributed by atoms with Crippen LogP contribution in [0.5, 0.6) is 0 Å².